The van der Waals surface area contributed by atoms with Crippen LogP contribution in [0.1, 0.15) is 31.7 Å². The van der Waals surface area contributed by atoms with Crippen LogP contribution < -0.4 is 4.72 Å². The highest BCUT2D eigenvalue weighted by atomic mass is 32.2. The standard InChI is InChI=1S/C13H21N3O6S/c1-5-16(7-6-11(17)18)13(19)9(3)15-23(20,21)12-8(2)14-22-10(12)4/h9,15H,5-7H2,1-4H3,(H,17,18). The number of sulfonamides is 1. The van der Waals surface area contributed by atoms with Crippen LogP contribution in [0.4, 0.5) is 0 Å². The molecule has 1 atom stereocenters. The summed E-state index contributed by atoms with van der Waals surface area (Å²) < 4.78 is 31.8. The van der Waals surface area contributed by atoms with Crippen LogP contribution in [0.2, 0.25) is 0 Å². The zero-order chi connectivity index (χ0) is 17.8. The van der Waals surface area contributed by atoms with Gasteiger partial charge in [-0.05, 0) is 27.7 Å². The Bertz CT molecular complexity index is 662. The molecule has 0 saturated heterocycles. The fraction of sp³-hybridized carbons (Fsp3) is 0.615. The first-order valence-electron chi connectivity index (χ1n) is 7.06. The average Bonchev–Trinajstić information content (AvgIpc) is 2.78. The van der Waals surface area contributed by atoms with Crippen molar-refractivity contribution >= 4 is 21.9 Å². The summed E-state index contributed by atoms with van der Waals surface area (Å²) in [6.45, 7) is 6.34. The molecule has 0 bridgehead atoms. The molecule has 1 aromatic rings. The summed E-state index contributed by atoms with van der Waals surface area (Å²) in [6, 6.07) is -1.04. The number of aliphatic carboxylic acids is 1. The lowest BCUT2D eigenvalue weighted by molar-refractivity contribution is -0.138. The zero-order valence-electron chi connectivity index (χ0n) is 13.5. The van der Waals surface area contributed by atoms with Gasteiger partial charge in [-0.2, -0.15) is 4.72 Å². The molecular weight excluding hydrogens is 326 g/mol. The number of nitrogens with zero attached hydrogens (tertiary/aromatic N) is 2. The van der Waals surface area contributed by atoms with E-state index >= 15 is 0 Å². The molecule has 130 valence electrons. The van der Waals surface area contributed by atoms with Gasteiger partial charge in [0, 0.05) is 13.1 Å². The number of hydrogen-bond donors (Lipinski definition) is 2. The lowest BCUT2D eigenvalue weighted by atomic mass is 10.3. The molecule has 0 aliphatic rings. The molecule has 1 heterocycles. The van der Waals surface area contributed by atoms with Crippen molar-refractivity contribution in [1.29, 1.82) is 0 Å². The molecule has 23 heavy (non-hydrogen) atoms. The van der Waals surface area contributed by atoms with E-state index in [4.69, 9.17) is 9.63 Å². The molecule has 0 aliphatic carbocycles. The van der Waals surface area contributed by atoms with Crippen LogP contribution in [0.25, 0.3) is 0 Å². The van der Waals surface area contributed by atoms with Gasteiger partial charge in [-0.3, -0.25) is 9.59 Å². The van der Waals surface area contributed by atoms with Gasteiger partial charge in [0.25, 0.3) is 0 Å². The largest absolute Gasteiger partial charge is 0.481 e. The van der Waals surface area contributed by atoms with E-state index in [1.165, 1.54) is 25.7 Å². The highest BCUT2D eigenvalue weighted by Gasteiger charge is 2.29. The maximum Gasteiger partial charge on any atom is 0.305 e. The smallest absolute Gasteiger partial charge is 0.305 e. The molecule has 0 aromatic carbocycles. The normalized spacial score (nSPS) is 12.9. The Morgan fingerprint density at radius 2 is 2.00 bits per heavy atom. The van der Waals surface area contributed by atoms with Crippen molar-refractivity contribution in [2.45, 2.75) is 45.1 Å². The highest BCUT2D eigenvalue weighted by molar-refractivity contribution is 7.89. The van der Waals surface area contributed by atoms with Gasteiger partial charge in [0.2, 0.25) is 15.9 Å². The Morgan fingerprint density at radius 1 is 1.39 bits per heavy atom. The van der Waals surface area contributed by atoms with Gasteiger partial charge in [0.15, 0.2) is 5.76 Å². The summed E-state index contributed by atoms with van der Waals surface area (Å²) in [5, 5.41) is 12.3. The van der Waals surface area contributed by atoms with Crippen molar-refractivity contribution in [2.24, 2.45) is 0 Å². The molecule has 0 aliphatic heterocycles. The quantitative estimate of drug-likeness (QED) is 0.691. The fourth-order valence-corrected chi connectivity index (χ4v) is 3.65. The third kappa shape index (κ3) is 4.76. The van der Waals surface area contributed by atoms with Crippen molar-refractivity contribution in [2.75, 3.05) is 13.1 Å². The van der Waals surface area contributed by atoms with Gasteiger partial charge >= 0.3 is 5.97 Å². The van der Waals surface area contributed by atoms with E-state index in [1.54, 1.807) is 6.92 Å². The Labute approximate surface area is 134 Å². The second kappa shape index (κ2) is 7.55. The molecule has 0 fully saturated rings. The number of hydrogen-bond acceptors (Lipinski definition) is 6. The summed E-state index contributed by atoms with van der Waals surface area (Å²) in [5.41, 5.74) is 0.202. The lowest BCUT2D eigenvalue weighted by Crippen LogP contribution is -2.47. The van der Waals surface area contributed by atoms with Crippen LogP contribution in [0.5, 0.6) is 0 Å². The van der Waals surface area contributed by atoms with Crippen LogP contribution in [0, 0.1) is 13.8 Å². The predicted octanol–water partition coefficient (Wildman–Crippen LogP) is 0.281. The molecule has 0 radical (unpaired) electrons. The minimum absolute atomic E-state index is 0.0159. The summed E-state index contributed by atoms with van der Waals surface area (Å²) in [7, 11) is -3.97. The number of carboxylic acid groups (broad SMARTS) is 1. The number of rotatable bonds is 8. The Morgan fingerprint density at radius 3 is 2.43 bits per heavy atom. The monoisotopic (exact) mass is 347 g/mol. The topological polar surface area (TPSA) is 130 Å². The van der Waals surface area contributed by atoms with Gasteiger partial charge in [0.05, 0.1) is 12.5 Å². The van der Waals surface area contributed by atoms with E-state index in [9.17, 15) is 18.0 Å². The van der Waals surface area contributed by atoms with Gasteiger partial charge in [-0.1, -0.05) is 5.16 Å². The molecule has 1 rings (SSSR count). The predicted molar refractivity (Wildman–Crippen MR) is 80.3 cm³/mol. The zero-order valence-corrected chi connectivity index (χ0v) is 14.3. The van der Waals surface area contributed by atoms with Crippen molar-refractivity contribution in [1.82, 2.24) is 14.8 Å². The van der Waals surface area contributed by atoms with Crippen molar-refractivity contribution in [3.63, 3.8) is 0 Å². The van der Waals surface area contributed by atoms with E-state index < -0.39 is 27.9 Å². The van der Waals surface area contributed by atoms with Gasteiger partial charge < -0.3 is 14.5 Å². The Hall–Kier alpha value is -1.94. The molecule has 10 heteroatoms. The first-order chi connectivity index (χ1) is 10.6. The van der Waals surface area contributed by atoms with Crippen molar-refractivity contribution in [3.8, 4) is 0 Å². The number of nitrogens with one attached hydrogen (secondary N) is 1. The summed E-state index contributed by atoms with van der Waals surface area (Å²) >= 11 is 0. The first-order valence-corrected chi connectivity index (χ1v) is 8.54. The number of amides is 1. The molecule has 1 unspecified atom stereocenters. The Kier molecular flexibility index (Phi) is 6.28. The van der Waals surface area contributed by atoms with Crippen LogP contribution in [-0.2, 0) is 19.6 Å². The molecule has 2 N–H and O–H groups in total. The van der Waals surface area contributed by atoms with Gasteiger partial charge in [-0.25, -0.2) is 8.42 Å². The minimum atomic E-state index is -3.97. The van der Waals surface area contributed by atoms with E-state index in [0.29, 0.717) is 0 Å². The van der Waals surface area contributed by atoms with Crippen LogP contribution >= 0.6 is 0 Å². The highest BCUT2D eigenvalue weighted by Crippen LogP contribution is 2.19. The molecule has 9 nitrogen and oxygen atoms in total. The number of carbonyl (C=O) groups is 2. The fourth-order valence-electron chi connectivity index (χ4n) is 2.13. The maximum atomic E-state index is 12.4. The molecule has 0 saturated carbocycles. The second-order valence-electron chi connectivity index (χ2n) is 5.06. The number of aryl methyl sites for hydroxylation is 2. The summed E-state index contributed by atoms with van der Waals surface area (Å²) in [5.74, 6) is -1.39. The summed E-state index contributed by atoms with van der Waals surface area (Å²) in [6.07, 6.45) is -0.205. The number of aromatic nitrogens is 1. The van der Waals surface area contributed by atoms with Crippen molar-refractivity contribution < 1.29 is 27.6 Å². The SMILES string of the molecule is CCN(CCC(=O)O)C(=O)C(C)NS(=O)(=O)c1c(C)noc1C. The molecule has 1 aromatic heterocycles. The van der Waals surface area contributed by atoms with Crippen molar-refractivity contribution in [3.05, 3.63) is 11.5 Å². The lowest BCUT2D eigenvalue weighted by Gasteiger charge is -2.24. The van der Waals surface area contributed by atoms with Crippen LogP contribution in [-0.4, -0.2) is 54.6 Å². The van der Waals surface area contributed by atoms with E-state index in [2.05, 4.69) is 9.88 Å². The molecule has 0 spiro atoms. The second-order valence-corrected chi connectivity index (χ2v) is 6.71. The van der Waals surface area contributed by atoms with E-state index in [-0.39, 0.29) is 35.9 Å². The number of likely N-dealkylation sites (N-methyl/N-ethyl adjacent to an activating group) is 1. The average molecular weight is 347 g/mol. The van der Waals surface area contributed by atoms with Crippen LogP contribution in [0.3, 0.4) is 0 Å². The molecule has 1 amide bonds. The Balaban J connectivity index is 2.86. The van der Waals surface area contributed by atoms with Gasteiger partial charge in [-0.15, -0.1) is 0 Å². The third-order valence-corrected chi connectivity index (χ3v) is 5.01. The minimum Gasteiger partial charge on any atom is -0.481 e. The first kappa shape index (κ1) is 19.1. The third-order valence-electron chi connectivity index (χ3n) is 3.23. The summed E-state index contributed by atoms with van der Waals surface area (Å²) in [4.78, 5) is 24.1. The van der Waals surface area contributed by atoms with E-state index in [1.807, 2.05) is 0 Å². The van der Waals surface area contributed by atoms with Crippen LogP contribution in [0.15, 0.2) is 9.42 Å². The molecular formula is C13H21N3O6S. The number of carbonyl (C=O) groups excluding carboxylic acids is 1. The van der Waals surface area contributed by atoms with E-state index in [0.717, 1.165) is 0 Å². The maximum absolute atomic E-state index is 12.4. The van der Waals surface area contributed by atoms with Gasteiger partial charge in [0.1, 0.15) is 10.6 Å². The number of carboxylic acids is 1.